The Morgan fingerprint density at radius 2 is 1.70 bits per heavy atom. The van der Waals surface area contributed by atoms with E-state index in [1.165, 1.54) is 7.11 Å². The van der Waals surface area contributed by atoms with Gasteiger partial charge in [0, 0.05) is 29.9 Å². The third kappa shape index (κ3) is 9.03. The van der Waals surface area contributed by atoms with Crippen LogP contribution in [0, 0.1) is 46.3 Å². The van der Waals surface area contributed by atoms with Crippen molar-refractivity contribution < 1.29 is 50.7 Å². The Kier molecular flexibility index (Phi) is 13.7. The van der Waals surface area contributed by atoms with Gasteiger partial charge in [-0.25, -0.2) is 4.79 Å². The topological polar surface area (TPSA) is 138 Å². The lowest BCUT2D eigenvalue weighted by Crippen LogP contribution is -3.00. The predicted octanol–water partition coefficient (Wildman–Crippen LogP) is 2.63. The van der Waals surface area contributed by atoms with Gasteiger partial charge in [0.25, 0.3) is 0 Å². The molecule has 1 amide bonds. The molecule has 12 heteroatoms. The van der Waals surface area contributed by atoms with Crippen LogP contribution in [0.5, 0.6) is 5.75 Å². The summed E-state index contributed by atoms with van der Waals surface area (Å²) in [4.78, 5) is 43.6. The summed E-state index contributed by atoms with van der Waals surface area (Å²) in [5.41, 5.74) is 1.18. The molecule has 0 saturated heterocycles. The van der Waals surface area contributed by atoms with Crippen molar-refractivity contribution in [3.8, 4) is 5.75 Å². The molecule has 4 N–H and O–H groups in total. The van der Waals surface area contributed by atoms with Gasteiger partial charge < -0.3 is 31.4 Å². The number of para-hydroxylation sites is 1. The second kappa shape index (κ2) is 18.3. The molecule has 5 aliphatic rings. The van der Waals surface area contributed by atoms with E-state index < -0.39 is 6.09 Å². The number of benzene rings is 2. The highest BCUT2D eigenvalue weighted by Crippen LogP contribution is 2.69. The Morgan fingerprint density at radius 3 is 2.40 bits per heavy atom. The Morgan fingerprint density at radius 1 is 0.930 bits per heavy atom. The van der Waals surface area contributed by atoms with Gasteiger partial charge in [-0.1, -0.05) is 51.1 Å². The van der Waals surface area contributed by atoms with Gasteiger partial charge in [0.2, 0.25) is 0 Å². The van der Waals surface area contributed by atoms with E-state index >= 15 is 0 Å². The first-order chi connectivity index (χ1) is 27.0. The summed E-state index contributed by atoms with van der Waals surface area (Å²) in [5, 5.41) is 10.3. The minimum absolute atomic E-state index is 0. The molecule has 0 bridgehead atoms. The van der Waals surface area contributed by atoms with Crippen LogP contribution in [-0.4, -0.2) is 69.6 Å². The van der Waals surface area contributed by atoms with E-state index in [1.54, 1.807) is 7.11 Å². The molecule has 11 nitrogen and oxygen atoms in total. The lowest BCUT2D eigenvalue weighted by molar-refractivity contribution is -0.467. The highest BCUT2D eigenvalue weighted by molar-refractivity contribution is 5.84. The smallest absolute Gasteiger partial charge is 0.411 e. The van der Waals surface area contributed by atoms with Crippen molar-refractivity contribution in [2.24, 2.45) is 46.3 Å². The van der Waals surface area contributed by atoms with E-state index in [9.17, 15) is 14.4 Å². The van der Waals surface area contributed by atoms with E-state index in [4.69, 9.17) is 18.9 Å². The molecule has 0 radical (unpaired) electrons. The summed E-state index contributed by atoms with van der Waals surface area (Å²) in [6.45, 7) is 8.96. The maximum Gasteiger partial charge on any atom is 0.411 e. The maximum atomic E-state index is 14.0. The zero-order chi connectivity index (χ0) is 39.5. The number of carbonyl (C=O) groups is 3. The van der Waals surface area contributed by atoms with Gasteiger partial charge in [-0.15, -0.1) is 0 Å². The highest BCUT2D eigenvalue weighted by Gasteiger charge is 2.68. The van der Waals surface area contributed by atoms with Crippen molar-refractivity contribution >= 4 is 29.7 Å². The predicted molar refractivity (Wildman–Crippen MR) is 214 cm³/mol. The number of halogens is 1. The van der Waals surface area contributed by atoms with Crippen molar-refractivity contribution in [1.29, 1.82) is 0 Å². The summed E-state index contributed by atoms with van der Waals surface area (Å²) in [6.07, 6.45) is 7.81. The van der Waals surface area contributed by atoms with E-state index in [-0.39, 0.29) is 83.4 Å². The number of nitrogens with one attached hydrogen (secondary N) is 4. The molecule has 312 valence electrons. The third-order valence-electron chi connectivity index (χ3n) is 14.9. The quantitative estimate of drug-likeness (QED) is 0.200. The van der Waals surface area contributed by atoms with Gasteiger partial charge in [-0.05, 0) is 116 Å². The summed E-state index contributed by atoms with van der Waals surface area (Å²) in [5.74, 6) is 2.57. The van der Waals surface area contributed by atoms with Gasteiger partial charge >= 0.3 is 24.0 Å². The van der Waals surface area contributed by atoms with Crippen LogP contribution in [-0.2, 0) is 30.2 Å². The van der Waals surface area contributed by atoms with Crippen LogP contribution in [0.15, 0.2) is 54.6 Å². The van der Waals surface area contributed by atoms with Crippen LogP contribution in [0.1, 0.15) is 90.5 Å². The number of esters is 2. The van der Waals surface area contributed by atoms with E-state index in [0.717, 1.165) is 75.3 Å². The lowest BCUT2D eigenvalue weighted by atomic mass is 9.43. The van der Waals surface area contributed by atoms with Crippen LogP contribution in [0.25, 0.3) is 0 Å². The molecule has 11 atom stereocenters. The fraction of sp³-hybridized carbons (Fsp3) is 0.644. The SMILES string of the molecule is COC(=O)CC[C@@H](C)[C@H]1CC[C@H]2[C@@H]3[C@H](OC(=O)Cc4ccc(OC)cc4)CC4C[C@H](NC5=[NH+]CCCN5)CC[C@]4(C)[C@H]3C[C@H](OC(=O)Nc3ccccc3)[C@]12C.[Cl-]. The third-order valence-corrected chi connectivity index (χ3v) is 14.9. The van der Waals surface area contributed by atoms with Crippen molar-refractivity contribution in [3.05, 3.63) is 60.2 Å². The van der Waals surface area contributed by atoms with Gasteiger partial charge in [0.1, 0.15) is 18.0 Å². The van der Waals surface area contributed by atoms with E-state index in [1.807, 2.05) is 54.6 Å². The first kappa shape index (κ1) is 42.6. The molecule has 2 aromatic rings. The van der Waals surface area contributed by atoms with Crippen molar-refractivity contribution in [3.63, 3.8) is 0 Å². The number of guanidine groups is 1. The number of rotatable bonds is 11. The Labute approximate surface area is 344 Å². The van der Waals surface area contributed by atoms with Crippen LogP contribution in [0.2, 0.25) is 0 Å². The molecule has 1 unspecified atom stereocenters. The largest absolute Gasteiger partial charge is 1.00 e. The molecule has 4 fully saturated rings. The number of hydrogen-bond donors (Lipinski definition) is 4. The average molecular weight is 807 g/mol. The fourth-order valence-electron chi connectivity index (χ4n) is 12.0. The second-order valence-corrected chi connectivity index (χ2v) is 17.7. The van der Waals surface area contributed by atoms with Crippen molar-refractivity contribution in [1.82, 2.24) is 10.6 Å². The molecule has 1 heterocycles. The van der Waals surface area contributed by atoms with Crippen molar-refractivity contribution in [2.75, 3.05) is 32.6 Å². The number of fused-ring (bicyclic) bond motifs is 5. The van der Waals surface area contributed by atoms with Crippen LogP contribution >= 0.6 is 0 Å². The van der Waals surface area contributed by atoms with Gasteiger partial charge in [-0.3, -0.25) is 30.5 Å². The average Bonchev–Trinajstić information content (AvgIpc) is 3.56. The van der Waals surface area contributed by atoms with E-state index in [0.29, 0.717) is 36.9 Å². The standard InChI is InChI=1S/C45H62N4O7.ClH/c1-28(12-19-39(50)54-5)34-17-18-35-41-36(27-38(45(34,35)3)56-43(52)49-31-10-7-6-8-11-31)44(2)21-20-32(48-42-46-22-9-23-47-42)25-30(44)26-37(41)55-40(51)24-29-13-15-33(53-4)16-14-29;/h6-8,10-11,13-16,28,30,32,34-38,41H,9,12,17-27H2,1-5H3,(H,49,52)(H2,46,47,48);1H/t28-,30?,32-,34-,35+,36+,37-,38+,41+,44+,45-;/m1./s1. The first-order valence-electron chi connectivity index (χ1n) is 21.0. The minimum Gasteiger partial charge on any atom is -1.00 e. The van der Waals surface area contributed by atoms with Gasteiger partial charge in [0.15, 0.2) is 0 Å². The summed E-state index contributed by atoms with van der Waals surface area (Å²) in [6, 6.07) is 17.4. The van der Waals surface area contributed by atoms with Gasteiger partial charge in [0.05, 0.1) is 39.8 Å². The minimum atomic E-state index is -0.440. The zero-order valence-electron chi connectivity index (χ0n) is 34.3. The summed E-state index contributed by atoms with van der Waals surface area (Å²) >= 11 is 0. The maximum absolute atomic E-state index is 14.0. The number of methoxy groups -OCH3 is 2. The summed E-state index contributed by atoms with van der Waals surface area (Å²) in [7, 11) is 3.08. The van der Waals surface area contributed by atoms with Gasteiger partial charge in [-0.2, -0.15) is 0 Å². The molecule has 0 spiro atoms. The normalized spacial score (nSPS) is 33.2. The number of hydrogen-bond acceptors (Lipinski definition) is 9. The molecular formula is C45H63ClN4O7. The molecular weight excluding hydrogens is 744 g/mol. The zero-order valence-corrected chi connectivity index (χ0v) is 35.1. The Balaban J connectivity index is 0.00000549. The monoisotopic (exact) mass is 806 g/mol. The molecule has 57 heavy (non-hydrogen) atoms. The number of ether oxygens (including phenoxy) is 4. The number of amides is 1. The highest BCUT2D eigenvalue weighted by atomic mass is 35.5. The first-order valence-corrected chi connectivity index (χ1v) is 21.0. The Hall–Kier alpha value is -3.99. The molecule has 4 saturated carbocycles. The number of anilines is 1. The molecule has 2 aromatic carbocycles. The van der Waals surface area contributed by atoms with Crippen molar-refractivity contribution in [2.45, 2.75) is 110 Å². The van der Waals surface area contributed by atoms with E-state index in [2.05, 4.69) is 41.7 Å². The Bertz CT molecular complexity index is 1730. The van der Waals surface area contributed by atoms with Crippen LogP contribution in [0.4, 0.5) is 10.5 Å². The second-order valence-electron chi connectivity index (χ2n) is 17.7. The lowest BCUT2D eigenvalue weighted by Gasteiger charge is -2.64. The molecule has 4 aliphatic carbocycles. The molecule has 7 rings (SSSR count). The molecule has 1 aliphatic heterocycles. The number of carbonyl (C=O) groups excluding carboxylic acids is 3. The molecule has 0 aromatic heterocycles. The summed E-state index contributed by atoms with van der Waals surface area (Å²) < 4.78 is 23.8. The van der Waals surface area contributed by atoms with Crippen LogP contribution < -0.4 is 38.1 Å². The van der Waals surface area contributed by atoms with Crippen LogP contribution in [0.3, 0.4) is 0 Å². The fourth-order valence-corrected chi connectivity index (χ4v) is 12.0.